The van der Waals surface area contributed by atoms with E-state index in [0.29, 0.717) is 18.4 Å². The molecule has 0 aliphatic carbocycles. The fourth-order valence-corrected chi connectivity index (χ4v) is 5.58. The third-order valence-electron chi connectivity index (χ3n) is 5.47. The summed E-state index contributed by atoms with van der Waals surface area (Å²) in [5, 5.41) is -0.560. The molecule has 1 aromatic rings. The summed E-state index contributed by atoms with van der Waals surface area (Å²) in [5.74, 6) is 0.384. The van der Waals surface area contributed by atoms with Crippen LogP contribution in [0.5, 0.6) is 0 Å². The van der Waals surface area contributed by atoms with Gasteiger partial charge < -0.3 is 4.90 Å². The third kappa shape index (κ3) is 5.51. The number of carbonyl (C=O) groups excluding carboxylic acids is 1. The number of alkyl halides is 3. The fourth-order valence-electron chi connectivity index (χ4n) is 3.91. The van der Waals surface area contributed by atoms with Crippen LogP contribution in [-0.4, -0.2) is 61.8 Å². The molecule has 2 fully saturated rings. The minimum Gasteiger partial charge on any atom is -0.339 e. The molecular formula is C19H26ClF3N4O3S. The molecule has 2 aliphatic heterocycles. The third-order valence-corrected chi connectivity index (χ3v) is 7.69. The van der Waals surface area contributed by atoms with Crippen molar-refractivity contribution in [2.24, 2.45) is 5.92 Å². The van der Waals surface area contributed by atoms with Gasteiger partial charge in [-0.05, 0) is 37.0 Å². The van der Waals surface area contributed by atoms with Crippen LogP contribution in [0.15, 0.2) is 23.1 Å². The minimum atomic E-state index is -4.76. The van der Waals surface area contributed by atoms with Gasteiger partial charge in [0.05, 0.1) is 15.5 Å². The highest BCUT2D eigenvalue weighted by atomic mass is 35.5. The van der Waals surface area contributed by atoms with E-state index in [4.69, 9.17) is 11.6 Å². The van der Waals surface area contributed by atoms with Gasteiger partial charge >= 0.3 is 6.18 Å². The molecule has 0 bridgehead atoms. The van der Waals surface area contributed by atoms with Gasteiger partial charge in [0.15, 0.2) is 0 Å². The van der Waals surface area contributed by atoms with Gasteiger partial charge in [0.2, 0.25) is 15.9 Å². The summed E-state index contributed by atoms with van der Waals surface area (Å²) in [7, 11) is -4.14. The van der Waals surface area contributed by atoms with Crippen molar-refractivity contribution in [3.8, 4) is 0 Å². The Morgan fingerprint density at radius 3 is 2.42 bits per heavy atom. The van der Waals surface area contributed by atoms with Gasteiger partial charge in [0, 0.05) is 32.2 Å². The molecule has 174 valence electrons. The Balaban J connectivity index is 1.63. The Hall–Kier alpha value is -1.40. The van der Waals surface area contributed by atoms with Crippen molar-refractivity contribution in [1.29, 1.82) is 0 Å². The first-order valence-electron chi connectivity index (χ1n) is 10.1. The Bertz CT molecular complexity index is 918. The maximum atomic E-state index is 13.1. The van der Waals surface area contributed by atoms with E-state index in [1.807, 2.05) is 0 Å². The molecule has 0 saturated carbocycles. The Morgan fingerprint density at radius 1 is 1.19 bits per heavy atom. The van der Waals surface area contributed by atoms with E-state index >= 15 is 0 Å². The molecule has 2 saturated heterocycles. The van der Waals surface area contributed by atoms with Crippen LogP contribution in [0.2, 0.25) is 5.02 Å². The summed E-state index contributed by atoms with van der Waals surface area (Å²) < 4.78 is 66.1. The topological polar surface area (TPSA) is 81.8 Å². The number of benzene rings is 1. The first-order chi connectivity index (χ1) is 14.4. The number of nitrogens with zero attached hydrogens (tertiary/aromatic N) is 2. The van der Waals surface area contributed by atoms with Crippen molar-refractivity contribution in [3.63, 3.8) is 0 Å². The van der Waals surface area contributed by atoms with Gasteiger partial charge in [-0.3, -0.25) is 10.2 Å². The van der Waals surface area contributed by atoms with Crippen LogP contribution in [0, 0.1) is 5.92 Å². The number of rotatable bonds is 5. The minimum absolute atomic E-state index is 0.00756. The molecule has 31 heavy (non-hydrogen) atoms. The average molecular weight is 483 g/mol. The fraction of sp³-hybridized carbons (Fsp3) is 0.632. The van der Waals surface area contributed by atoms with Crippen LogP contribution in [0.4, 0.5) is 13.2 Å². The molecule has 0 radical (unpaired) electrons. The lowest BCUT2D eigenvalue weighted by Crippen LogP contribution is -2.54. The highest BCUT2D eigenvalue weighted by molar-refractivity contribution is 7.89. The van der Waals surface area contributed by atoms with Gasteiger partial charge in [0.1, 0.15) is 6.04 Å². The normalized spacial score (nSPS) is 23.5. The van der Waals surface area contributed by atoms with Crippen LogP contribution in [0.25, 0.3) is 0 Å². The first-order valence-corrected chi connectivity index (χ1v) is 11.9. The van der Waals surface area contributed by atoms with E-state index in [9.17, 15) is 26.4 Å². The predicted molar refractivity (Wildman–Crippen MR) is 110 cm³/mol. The Labute approximate surface area is 184 Å². The molecule has 12 heteroatoms. The van der Waals surface area contributed by atoms with Crippen LogP contribution < -0.4 is 10.9 Å². The molecular weight excluding hydrogens is 457 g/mol. The number of piperazine rings is 1. The molecule has 2 heterocycles. The van der Waals surface area contributed by atoms with Crippen LogP contribution in [0.1, 0.15) is 32.3 Å². The monoisotopic (exact) mass is 482 g/mol. The lowest BCUT2D eigenvalue weighted by Gasteiger charge is -2.35. The number of carbonyl (C=O) groups is 1. The standard InChI is InChI=1S/C19H26ClF3N4O3S/c1-12(2)9-13-10-17(25-24-13)18(28)26-5-7-27(8-6-26)31(29,30)14-3-4-16(20)15(11-14)19(21,22)23/h3-4,11-13,17,24-25H,5-10H2,1-2H3. The average Bonchev–Trinajstić information content (AvgIpc) is 3.14. The number of hydrogen-bond donors (Lipinski definition) is 2. The maximum Gasteiger partial charge on any atom is 0.417 e. The molecule has 2 atom stereocenters. The quantitative estimate of drug-likeness (QED) is 0.674. The predicted octanol–water partition coefficient (Wildman–Crippen LogP) is 2.47. The van der Waals surface area contributed by atoms with Crippen molar-refractivity contribution in [2.75, 3.05) is 26.2 Å². The Morgan fingerprint density at radius 2 is 1.84 bits per heavy atom. The second-order valence-corrected chi connectivity index (χ2v) is 10.6. The number of halogens is 4. The smallest absolute Gasteiger partial charge is 0.339 e. The summed E-state index contributed by atoms with van der Waals surface area (Å²) in [6.45, 7) is 4.57. The van der Waals surface area contributed by atoms with Crippen molar-refractivity contribution in [2.45, 2.75) is 49.8 Å². The summed E-state index contributed by atoms with van der Waals surface area (Å²) in [6.07, 6.45) is -3.17. The molecule has 1 amide bonds. The lowest BCUT2D eigenvalue weighted by atomic mass is 9.99. The molecule has 2 N–H and O–H groups in total. The van der Waals surface area contributed by atoms with E-state index < -0.39 is 31.7 Å². The molecule has 0 aromatic heterocycles. The van der Waals surface area contributed by atoms with Gasteiger partial charge in [-0.25, -0.2) is 13.8 Å². The summed E-state index contributed by atoms with van der Waals surface area (Å²) >= 11 is 5.59. The lowest BCUT2D eigenvalue weighted by molar-refractivity contribution is -0.137. The van der Waals surface area contributed by atoms with Crippen LogP contribution >= 0.6 is 11.6 Å². The molecule has 7 nitrogen and oxygen atoms in total. The number of amides is 1. The molecule has 2 aliphatic rings. The van der Waals surface area contributed by atoms with E-state index in [1.165, 1.54) is 0 Å². The number of hydrogen-bond acceptors (Lipinski definition) is 5. The largest absolute Gasteiger partial charge is 0.417 e. The zero-order chi connectivity index (χ0) is 23.0. The van der Waals surface area contributed by atoms with Crippen molar-refractivity contribution >= 4 is 27.5 Å². The Kier molecular flexibility index (Phi) is 7.21. The molecule has 2 unspecified atom stereocenters. The second kappa shape index (κ2) is 9.22. The van der Waals surface area contributed by atoms with E-state index in [2.05, 4.69) is 24.7 Å². The van der Waals surface area contributed by atoms with Crippen LogP contribution in [-0.2, 0) is 21.0 Å². The number of hydrazine groups is 1. The van der Waals surface area contributed by atoms with Crippen molar-refractivity contribution in [1.82, 2.24) is 20.1 Å². The molecule has 0 spiro atoms. The number of nitrogens with one attached hydrogen (secondary N) is 2. The van der Waals surface area contributed by atoms with Crippen molar-refractivity contribution in [3.05, 3.63) is 28.8 Å². The van der Waals surface area contributed by atoms with Crippen LogP contribution in [0.3, 0.4) is 0 Å². The zero-order valence-electron chi connectivity index (χ0n) is 17.2. The van der Waals surface area contributed by atoms with Gasteiger partial charge in [-0.15, -0.1) is 0 Å². The van der Waals surface area contributed by atoms with E-state index in [1.54, 1.807) is 4.90 Å². The maximum absolute atomic E-state index is 13.1. The molecule has 1 aromatic carbocycles. The van der Waals surface area contributed by atoms with E-state index in [-0.39, 0.29) is 44.2 Å². The highest BCUT2D eigenvalue weighted by Crippen LogP contribution is 2.36. The van der Waals surface area contributed by atoms with Gasteiger partial charge in [-0.1, -0.05) is 25.4 Å². The summed E-state index contributed by atoms with van der Waals surface area (Å²) in [5.41, 5.74) is 4.94. The van der Waals surface area contributed by atoms with Gasteiger partial charge in [0.25, 0.3) is 0 Å². The zero-order valence-corrected chi connectivity index (χ0v) is 18.8. The summed E-state index contributed by atoms with van der Waals surface area (Å²) in [6, 6.07) is 2.37. The number of sulfonamides is 1. The van der Waals surface area contributed by atoms with Crippen molar-refractivity contribution < 1.29 is 26.4 Å². The summed E-state index contributed by atoms with van der Waals surface area (Å²) in [4.78, 5) is 13.9. The SMILES string of the molecule is CC(C)CC1CC(C(=O)N2CCN(S(=O)(=O)c3ccc(Cl)c(C(F)(F)F)c3)CC2)NN1. The van der Waals surface area contributed by atoms with E-state index in [0.717, 1.165) is 22.9 Å². The van der Waals surface area contributed by atoms with Gasteiger partial charge in [-0.2, -0.15) is 17.5 Å². The molecule has 3 rings (SSSR count). The second-order valence-electron chi connectivity index (χ2n) is 8.27. The first kappa shape index (κ1) is 24.2. The highest BCUT2D eigenvalue weighted by Gasteiger charge is 2.38.